The van der Waals surface area contributed by atoms with Crippen LogP contribution >= 0.6 is 22.9 Å². The molecule has 1 N–H and O–H groups in total. The molecule has 0 aliphatic rings. The van der Waals surface area contributed by atoms with Gasteiger partial charge in [0.05, 0.1) is 24.2 Å². The van der Waals surface area contributed by atoms with Crippen LogP contribution in [0.4, 0.5) is 5.82 Å². The van der Waals surface area contributed by atoms with Crippen LogP contribution in [0.1, 0.15) is 24.2 Å². The van der Waals surface area contributed by atoms with Crippen molar-refractivity contribution in [2.24, 2.45) is 0 Å². The van der Waals surface area contributed by atoms with E-state index in [2.05, 4.69) is 9.97 Å². The maximum absolute atomic E-state index is 12.1. The molecule has 0 aliphatic carbocycles. The van der Waals surface area contributed by atoms with E-state index < -0.39 is 5.97 Å². The number of likely N-dealkylation sites (N-methyl/N-ethyl adjacent to an activating group) is 1. The first-order valence-corrected chi connectivity index (χ1v) is 7.85. The van der Waals surface area contributed by atoms with E-state index in [1.165, 1.54) is 11.3 Å². The summed E-state index contributed by atoms with van der Waals surface area (Å²) in [6, 6.07) is 0. The van der Waals surface area contributed by atoms with Gasteiger partial charge in [-0.2, -0.15) is 4.98 Å². The molecule has 2 rings (SSSR count). The van der Waals surface area contributed by atoms with Gasteiger partial charge in [0, 0.05) is 18.5 Å². The summed E-state index contributed by atoms with van der Waals surface area (Å²) in [5.74, 6) is 0.141. The van der Waals surface area contributed by atoms with Crippen molar-refractivity contribution in [1.29, 1.82) is 0 Å². The number of fused-ring (bicyclic) bond motifs is 1. The van der Waals surface area contributed by atoms with Gasteiger partial charge in [0.25, 0.3) is 0 Å². The molecule has 8 heteroatoms. The Morgan fingerprint density at radius 1 is 1.48 bits per heavy atom. The van der Waals surface area contributed by atoms with Crippen LogP contribution in [0.15, 0.2) is 5.38 Å². The Bertz CT molecular complexity index is 647. The number of carbonyl (C=O) groups excluding carboxylic acids is 1. The number of halogens is 1. The van der Waals surface area contributed by atoms with Crippen molar-refractivity contribution >= 4 is 44.9 Å². The van der Waals surface area contributed by atoms with Crippen molar-refractivity contribution in [3.8, 4) is 0 Å². The van der Waals surface area contributed by atoms with Crippen molar-refractivity contribution in [2.45, 2.75) is 13.8 Å². The lowest BCUT2D eigenvalue weighted by molar-refractivity contribution is 0.0529. The fourth-order valence-corrected chi connectivity index (χ4v) is 3.14. The smallest absolute Gasteiger partial charge is 0.339 e. The molecule has 0 unspecified atom stereocenters. The summed E-state index contributed by atoms with van der Waals surface area (Å²) >= 11 is 7.27. The molecule has 0 amide bonds. The van der Waals surface area contributed by atoms with Crippen LogP contribution < -0.4 is 4.90 Å². The minimum absolute atomic E-state index is 0.0180. The van der Waals surface area contributed by atoms with E-state index in [1.54, 1.807) is 12.3 Å². The van der Waals surface area contributed by atoms with Gasteiger partial charge in [0.1, 0.15) is 10.6 Å². The van der Waals surface area contributed by atoms with Gasteiger partial charge in [-0.05, 0) is 25.4 Å². The SMILES string of the molecule is CCOC(=O)c1csc2nc(Cl)nc(N(CC)CCO)c12. The second-order valence-electron chi connectivity index (χ2n) is 4.17. The van der Waals surface area contributed by atoms with Gasteiger partial charge in [0.2, 0.25) is 5.28 Å². The standard InChI is InChI=1S/C13H16ClN3O3S/c1-3-17(5-6-18)10-9-8(12(19)20-4-2)7-21-11(9)16-13(14)15-10/h7,18H,3-6H2,1-2H3. The number of hydrogen-bond acceptors (Lipinski definition) is 7. The predicted molar refractivity (Wildman–Crippen MR) is 83.4 cm³/mol. The van der Waals surface area contributed by atoms with Crippen molar-refractivity contribution in [2.75, 3.05) is 31.2 Å². The van der Waals surface area contributed by atoms with Crippen LogP contribution in [0, 0.1) is 0 Å². The third-order valence-corrected chi connectivity index (χ3v) is 3.97. The van der Waals surface area contributed by atoms with Crippen molar-refractivity contribution in [3.05, 3.63) is 16.2 Å². The topological polar surface area (TPSA) is 75.5 Å². The highest BCUT2D eigenvalue weighted by Crippen LogP contribution is 2.33. The number of hydrogen-bond donors (Lipinski definition) is 1. The van der Waals surface area contributed by atoms with E-state index in [-0.39, 0.29) is 11.9 Å². The first-order chi connectivity index (χ1) is 10.1. The molecule has 0 radical (unpaired) electrons. The number of thiophene rings is 1. The van der Waals surface area contributed by atoms with Crippen LogP contribution in [-0.4, -0.2) is 47.3 Å². The lowest BCUT2D eigenvalue weighted by Crippen LogP contribution is -2.27. The molecule has 0 aliphatic heterocycles. The van der Waals surface area contributed by atoms with E-state index in [4.69, 9.17) is 16.3 Å². The number of aliphatic hydroxyl groups excluding tert-OH is 1. The normalized spacial score (nSPS) is 10.9. The molecule has 0 saturated carbocycles. The van der Waals surface area contributed by atoms with E-state index in [0.717, 1.165) is 0 Å². The number of nitrogens with zero attached hydrogens (tertiary/aromatic N) is 3. The molecule has 21 heavy (non-hydrogen) atoms. The minimum atomic E-state index is -0.407. The average Bonchev–Trinajstić information content (AvgIpc) is 2.88. The molecule has 114 valence electrons. The van der Waals surface area contributed by atoms with Gasteiger partial charge in [0.15, 0.2) is 0 Å². The van der Waals surface area contributed by atoms with Gasteiger partial charge in [-0.1, -0.05) is 0 Å². The van der Waals surface area contributed by atoms with Gasteiger partial charge in [-0.25, -0.2) is 9.78 Å². The zero-order valence-electron chi connectivity index (χ0n) is 11.8. The van der Waals surface area contributed by atoms with E-state index in [1.807, 2.05) is 11.8 Å². The lowest BCUT2D eigenvalue weighted by atomic mass is 10.2. The lowest BCUT2D eigenvalue weighted by Gasteiger charge is -2.21. The first-order valence-electron chi connectivity index (χ1n) is 6.60. The Labute approximate surface area is 131 Å². The summed E-state index contributed by atoms with van der Waals surface area (Å²) in [6.45, 7) is 5.00. The number of aliphatic hydroxyl groups is 1. The predicted octanol–water partition coefficient (Wildman–Crippen LogP) is 2.34. The highest BCUT2D eigenvalue weighted by atomic mass is 35.5. The van der Waals surface area contributed by atoms with E-state index >= 15 is 0 Å². The number of aromatic nitrogens is 2. The van der Waals surface area contributed by atoms with Gasteiger partial charge < -0.3 is 14.7 Å². The molecule has 0 saturated heterocycles. The van der Waals surface area contributed by atoms with Crippen molar-refractivity contribution in [3.63, 3.8) is 0 Å². The summed E-state index contributed by atoms with van der Waals surface area (Å²) in [5.41, 5.74) is 0.430. The Kier molecular flexibility index (Phi) is 5.33. The van der Waals surface area contributed by atoms with E-state index in [0.29, 0.717) is 41.3 Å². The van der Waals surface area contributed by atoms with Crippen LogP contribution in [0.2, 0.25) is 5.28 Å². The van der Waals surface area contributed by atoms with Crippen LogP contribution in [-0.2, 0) is 4.74 Å². The second kappa shape index (κ2) is 7.02. The highest BCUT2D eigenvalue weighted by Gasteiger charge is 2.22. The van der Waals surface area contributed by atoms with Gasteiger partial charge >= 0.3 is 5.97 Å². The van der Waals surface area contributed by atoms with Crippen molar-refractivity contribution in [1.82, 2.24) is 9.97 Å². The molecule has 2 aromatic rings. The third-order valence-electron chi connectivity index (χ3n) is 2.93. The summed E-state index contributed by atoms with van der Waals surface area (Å²) in [5, 5.41) is 11.6. The Morgan fingerprint density at radius 2 is 2.24 bits per heavy atom. The average molecular weight is 330 g/mol. The summed E-state index contributed by atoms with van der Waals surface area (Å²) in [7, 11) is 0. The van der Waals surface area contributed by atoms with Crippen LogP contribution in [0.25, 0.3) is 10.2 Å². The summed E-state index contributed by atoms with van der Waals surface area (Å²) < 4.78 is 5.06. The number of ether oxygens (including phenoxy) is 1. The number of esters is 1. The third kappa shape index (κ3) is 3.25. The number of anilines is 1. The van der Waals surface area contributed by atoms with E-state index in [9.17, 15) is 9.90 Å². The maximum Gasteiger partial charge on any atom is 0.339 e. The van der Waals surface area contributed by atoms with Gasteiger partial charge in [-0.3, -0.25) is 0 Å². The van der Waals surface area contributed by atoms with Crippen LogP contribution in [0.3, 0.4) is 0 Å². The Morgan fingerprint density at radius 3 is 2.86 bits per heavy atom. The molecule has 0 spiro atoms. The summed E-state index contributed by atoms with van der Waals surface area (Å²) in [4.78, 5) is 22.9. The van der Waals surface area contributed by atoms with Crippen molar-refractivity contribution < 1.29 is 14.6 Å². The minimum Gasteiger partial charge on any atom is -0.462 e. The van der Waals surface area contributed by atoms with Crippen LogP contribution in [0.5, 0.6) is 0 Å². The largest absolute Gasteiger partial charge is 0.462 e. The zero-order chi connectivity index (χ0) is 15.4. The zero-order valence-corrected chi connectivity index (χ0v) is 13.4. The molecule has 2 heterocycles. The highest BCUT2D eigenvalue weighted by molar-refractivity contribution is 7.17. The quantitative estimate of drug-likeness (QED) is 0.647. The van der Waals surface area contributed by atoms with Gasteiger partial charge in [-0.15, -0.1) is 11.3 Å². The molecule has 0 fully saturated rings. The molecule has 0 aromatic carbocycles. The molecular weight excluding hydrogens is 314 g/mol. The second-order valence-corrected chi connectivity index (χ2v) is 5.37. The summed E-state index contributed by atoms with van der Waals surface area (Å²) in [6.07, 6.45) is 0. The number of carbonyl (C=O) groups is 1. The fraction of sp³-hybridized carbons (Fsp3) is 0.462. The molecule has 0 bridgehead atoms. The Balaban J connectivity index is 2.61. The molecule has 6 nitrogen and oxygen atoms in total. The molecule has 2 aromatic heterocycles. The number of rotatable bonds is 6. The molecule has 0 atom stereocenters. The molecular formula is C13H16ClN3O3S. The fourth-order valence-electron chi connectivity index (χ4n) is 2.02. The monoisotopic (exact) mass is 329 g/mol. The Hall–Kier alpha value is -1.44. The first kappa shape index (κ1) is 15.9. The maximum atomic E-state index is 12.1.